The van der Waals surface area contributed by atoms with Crippen LogP contribution in [-0.4, -0.2) is 41.2 Å². The molecule has 0 aliphatic carbocycles. The predicted molar refractivity (Wildman–Crippen MR) is 128 cm³/mol. The highest BCUT2D eigenvalue weighted by Crippen LogP contribution is 2.45. The number of amides is 3. The van der Waals surface area contributed by atoms with E-state index in [0.717, 1.165) is 4.90 Å². The van der Waals surface area contributed by atoms with Gasteiger partial charge in [0.05, 0.1) is 11.1 Å². The van der Waals surface area contributed by atoms with Gasteiger partial charge in [-0.05, 0) is 88.8 Å². The van der Waals surface area contributed by atoms with Crippen LogP contribution in [0.4, 0.5) is 5.69 Å². The molecule has 0 bridgehead atoms. The van der Waals surface area contributed by atoms with Crippen molar-refractivity contribution in [2.75, 3.05) is 11.9 Å². The molecule has 1 atom stereocenters. The maximum atomic E-state index is 12.9. The van der Waals surface area contributed by atoms with Crippen LogP contribution < -0.4 is 5.32 Å². The maximum Gasteiger partial charge on any atom is 0.329 e. The number of imide groups is 1. The van der Waals surface area contributed by atoms with Gasteiger partial charge in [0.2, 0.25) is 0 Å². The van der Waals surface area contributed by atoms with E-state index in [1.807, 2.05) is 0 Å². The van der Waals surface area contributed by atoms with E-state index < -0.39 is 36.3 Å². The molecule has 7 nitrogen and oxygen atoms in total. The topological polar surface area (TPSA) is 92.8 Å². The van der Waals surface area contributed by atoms with Crippen molar-refractivity contribution in [1.29, 1.82) is 0 Å². The Bertz CT molecular complexity index is 1090. The minimum Gasteiger partial charge on any atom is -0.454 e. The van der Waals surface area contributed by atoms with Crippen molar-refractivity contribution in [3.05, 3.63) is 58.3 Å². The molecule has 12 heteroatoms. The van der Waals surface area contributed by atoms with Gasteiger partial charge < -0.3 is 10.1 Å². The summed E-state index contributed by atoms with van der Waals surface area (Å²) in [4.78, 5) is 51.2. The number of rotatable bonds is 5. The van der Waals surface area contributed by atoms with E-state index in [1.165, 1.54) is 13.0 Å². The monoisotopic (exact) mass is 698 g/mol. The Labute approximate surface area is 215 Å². The Hall–Kier alpha value is -1.27. The minimum absolute atomic E-state index is 0.116. The second kappa shape index (κ2) is 9.70. The lowest BCUT2D eigenvalue weighted by molar-refractivity contribution is -0.150. The highest BCUT2D eigenvalue weighted by atomic mass is 79.9. The number of nitrogens with one attached hydrogen (secondary N) is 1. The first kappa shape index (κ1) is 24.4. The summed E-state index contributed by atoms with van der Waals surface area (Å²) in [6, 6.07) is 5.21. The zero-order valence-corrected chi connectivity index (χ0v) is 22.6. The third kappa shape index (κ3) is 4.75. The van der Waals surface area contributed by atoms with Crippen molar-refractivity contribution in [3.8, 4) is 0 Å². The molecule has 3 rings (SSSR count). The van der Waals surface area contributed by atoms with Crippen molar-refractivity contribution in [1.82, 2.24) is 4.90 Å². The second-order valence-electron chi connectivity index (χ2n) is 6.33. The van der Waals surface area contributed by atoms with Gasteiger partial charge in [0.25, 0.3) is 17.7 Å². The van der Waals surface area contributed by atoms with Gasteiger partial charge in [-0.1, -0.05) is 17.7 Å². The summed E-state index contributed by atoms with van der Waals surface area (Å²) >= 11 is 19.2. The molecule has 1 unspecified atom stereocenters. The molecule has 162 valence electrons. The molecule has 1 aliphatic rings. The number of nitrogens with zero attached hydrogens (tertiary/aromatic N) is 1. The van der Waals surface area contributed by atoms with Crippen molar-refractivity contribution in [2.24, 2.45) is 0 Å². The van der Waals surface area contributed by atoms with Crippen LogP contribution in [0.15, 0.2) is 42.2 Å². The first-order valence-corrected chi connectivity index (χ1v) is 12.1. The molecule has 0 radical (unpaired) electrons. The highest BCUT2D eigenvalue weighted by Gasteiger charge is 2.45. The number of esters is 1. The number of fused-ring (bicyclic) bond motifs is 1. The first-order chi connectivity index (χ1) is 14.5. The lowest BCUT2D eigenvalue weighted by atomic mass is 10.1. The van der Waals surface area contributed by atoms with Crippen LogP contribution in [0.1, 0.15) is 27.6 Å². The number of halogens is 5. The molecule has 1 N–H and O–H groups in total. The van der Waals surface area contributed by atoms with Crippen molar-refractivity contribution in [2.45, 2.75) is 13.0 Å². The maximum absolute atomic E-state index is 12.9. The smallest absolute Gasteiger partial charge is 0.329 e. The molecule has 0 aromatic heterocycles. The number of ether oxygens (including phenoxy) is 1. The number of carbonyl (C=O) groups excluding carboxylic acids is 4. The van der Waals surface area contributed by atoms with E-state index in [2.05, 4.69) is 69.0 Å². The Balaban J connectivity index is 1.72. The standard InChI is InChI=1S/C19H11Br4ClN2O5/c1-7(19(30)31-6-10(27)25-9-4-2-3-8(24)5-9)26-17(28)11-12(18(26)29)14(21)16(23)15(22)13(11)20/h2-5,7H,6H2,1H3,(H,25,27). The number of carbonyl (C=O) groups is 4. The average Bonchev–Trinajstić information content (AvgIpc) is 2.98. The van der Waals surface area contributed by atoms with Crippen molar-refractivity contribution >= 4 is 105 Å². The highest BCUT2D eigenvalue weighted by molar-refractivity contribution is 9.15. The van der Waals surface area contributed by atoms with Crippen LogP contribution in [-0.2, 0) is 14.3 Å². The van der Waals surface area contributed by atoms with E-state index in [0.29, 0.717) is 28.6 Å². The summed E-state index contributed by atoms with van der Waals surface area (Å²) < 4.78 is 6.83. The molecule has 0 spiro atoms. The zero-order valence-electron chi connectivity index (χ0n) is 15.5. The lowest BCUT2D eigenvalue weighted by Crippen LogP contribution is -2.44. The molecule has 0 fully saturated rings. The zero-order chi connectivity index (χ0) is 23.0. The fraction of sp³-hybridized carbons (Fsp3) is 0.158. The van der Waals surface area contributed by atoms with Crippen molar-refractivity contribution < 1.29 is 23.9 Å². The third-order valence-electron chi connectivity index (χ3n) is 4.31. The number of hydrogen-bond acceptors (Lipinski definition) is 5. The first-order valence-electron chi connectivity index (χ1n) is 8.50. The SMILES string of the molecule is CC(C(=O)OCC(=O)Nc1cccc(Cl)c1)N1C(=O)c2c(Br)c(Br)c(Br)c(Br)c2C1=O. The minimum atomic E-state index is -1.25. The average molecular weight is 702 g/mol. The fourth-order valence-electron chi connectivity index (χ4n) is 2.84. The van der Waals surface area contributed by atoms with E-state index in [9.17, 15) is 19.2 Å². The summed E-state index contributed by atoms with van der Waals surface area (Å²) in [7, 11) is 0. The molecular formula is C19H11Br4ClN2O5. The summed E-state index contributed by atoms with van der Waals surface area (Å²) in [5.41, 5.74) is 0.670. The van der Waals surface area contributed by atoms with E-state index in [4.69, 9.17) is 16.3 Å². The molecule has 1 heterocycles. The third-order valence-corrected chi connectivity index (χ3v) is 9.32. The van der Waals surface area contributed by atoms with Crippen LogP contribution >= 0.6 is 75.3 Å². The van der Waals surface area contributed by atoms with Gasteiger partial charge in [0.1, 0.15) is 6.04 Å². The molecule has 1 aliphatic heterocycles. The summed E-state index contributed by atoms with van der Waals surface area (Å²) in [6.45, 7) is 0.758. The quantitative estimate of drug-likeness (QED) is 0.191. The van der Waals surface area contributed by atoms with Gasteiger partial charge in [0.15, 0.2) is 6.61 Å². The van der Waals surface area contributed by atoms with Crippen LogP contribution in [0.3, 0.4) is 0 Å². The molecule has 0 saturated heterocycles. The molecular weight excluding hydrogens is 691 g/mol. The Kier molecular flexibility index (Phi) is 7.62. The number of anilines is 1. The molecule has 3 amide bonds. The predicted octanol–water partition coefficient (Wildman–Crippen LogP) is 5.56. The second-order valence-corrected chi connectivity index (χ2v) is 9.94. The van der Waals surface area contributed by atoms with E-state index in [-0.39, 0.29) is 11.1 Å². The van der Waals surface area contributed by atoms with Crippen LogP contribution in [0.25, 0.3) is 0 Å². The summed E-state index contributed by atoms with van der Waals surface area (Å²) in [6.07, 6.45) is 0. The van der Waals surface area contributed by atoms with Gasteiger partial charge in [-0.3, -0.25) is 19.3 Å². The molecule has 2 aromatic rings. The van der Waals surface area contributed by atoms with Crippen molar-refractivity contribution in [3.63, 3.8) is 0 Å². The summed E-state index contributed by atoms with van der Waals surface area (Å²) in [5, 5.41) is 2.97. The summed E-state index contributed by atoms with van der Waals surface area (Å²) in [5.74, 6) is -2.81. The molecule has 31 heavy (non-hydrogen) atoms. The molecule has 0 saturated carbocycles. The van der Waals surface area contributed by atoms with E-state index >= 15 is 0 Å². The Morgan fingerprint density at radius 2 is 1.58 bits per heavy atom. The number of benzene rings is 2. The normalized spacial score (nSPS) is 13.8. The fourth-order valence-corrected chi connectivity index (χ4v) is 5.49. The lowest BCUT2D eigenvalue weighted by Gasteiger charge is -2.20. The van der Waals surface area contributed by atoms with Gasteiger partial charge >= 0.3 is 5.97 Å². The van der Waals surface area contributed by atoms with Gasteiger partial charge in [-0.15, -0.1) is 0 Å². The Morgan fingerprint density at radius 3 is 2.10 bits per heavy atom. The number of hydrogen-bond donors (Lipinski definition) is 1. The largest absolute Gasteiger partial charge is 0.454 e. The van der Waals surface area contributed by atoms with E-state index in [1.54, 1.807) is 18.2 Å². The van der Waals surface area contributed by atoms with Gasteiger partial charge in [0, 0.05) is 28.6 Å². The van der Waals surface area contributed by atoms with Gasteiger partial charge in [-0.25, -0.2) is 4.79 Å². The van der Waals surface area contributed by atoms with Crippen LogP contribution in [0, 0.1) is 0 Å². The molecule has 2 aromatic carbocycles. The van der Waals surface area contributed by atoms with Crippen LogP contribution in [0.2, 0.25) is 5.02 Å². The van der Waals surface area contributed by atoms with Gasteiger partial charge in [-0.2, -0.15) is 0 Å². The Morgan fingerprint density at radius 1 is 1.03 bits per heavy atom. The van der Waals surface area contributed by atoms with Crippen LogP contribution in [0.5, 0.6) is 0 Å².